The summed E-state index contributed by atoms with van der Waals surface area (Å²) in [6, 6.07) is 0. The van der Waals surface area contributed by atoms with Crippen LogP contribution < -0.4 is 0 Å². The van der Waals surface area contributed by atoms with E-state index in [9.17, 15) is 9.59 Å². The van der Waals surface area contributed by atoms with Gasteiger partial charge in [0, 0.05) is 51.5 Å². The molecule has 12 nitrogen and oxygen atoms in total. The lowest BCUT2D eigenvalue weighted by atomic mass is 9.84. The first kappa shape index (κ1) is 33.8. The number of alkyl halides is 2. The summed E-state index contributed by atoms with van der Waals surface area (Å²) in [5.74, 6) is -4.26. The van der Waals surface area contributed by atoms with E-state index in [1.54, 1.807) is 61.1 Å². The number of amidine groups is 1. The maximum Gasteiger partial charge on any atom is 0.309 e. The molecule has 3 saturated heterocycles. The number of hydrogen-bond donors (Lipinski definition) is 0. The van der Waals surface area contributed by atoms with Gasteiger partial charge in [-0.2, -0.15) is 0 Å². The number of ether oxygens (including phenoxy) is 3. The molecule has 0 radical (unpaired) electrons. The molecule has 14 heteroatoms. The Bertz CT molecular complexity index is 1340. The highest BCUT2D eigenvalue weighted by Crippen LogP contribution is 2.48. The number of esters is 2. The average molecular weight is 648 g/mol. The Morgan fingerprint density at radius 3 is 2.41 bits per heavy atom. The number of halogens is 2. The van der Waals surface area contributed by atoms with Crippen LogP contribution in [0, 0.1) is 17.3 Å². The van der Waals surface area contributed by atoms with E-state index in [1.807, 2.05) is 34.1 Å². The van der Waals surface area contributed by atoms with Gasteiger partial charge in [0.05, 0.1) is 30.1 Å². The van der Waals surface area contributed by atoms with Gasteiger partial charge in [0.2, 0.25) is 18.4 Å². The summed E-state index contributed by atoms with van der Waals surface area (Å²) < 4.78 is 48.8. The van der Waals surface area contributed by atoms with Crippen LogP contribution in [-0.4, -0.2) is 127 Å². The number of nitrogens with zero attached hydrogens (tertiary/aromatic N) is 7. The average Bonchev–Trinajstić information content (AvgIpc) is 3.57. The molecule has 46 heavy (non-hydrogen) atoms. The highest BCUT2D eigenvalue weighted by Gasteiger charge is 2.58. The molecular formula is C32H47F2N7O5. The van der Waals surface area contributed by atoms with E-state index in [4.69, 9.17) is 14.2 Å². The third-order valence-electron chi connectivity index (χ3n) is 9.34. The predicted molar refractivity (Wildman–Crippen MR) is 169 cm³/mol. The lowest BCUT2D eigenvalue weighted by Gasteiger charge is -2.43. The van der Waals surface area contributed by atoms with Crippen molar-refractivity contribution in [2.24, 2.45) is 32.2 Å². The van der Waals surface area contributed by atoms with Gasteiger partial charge in [0.25, 0.3) is 5.92 Å². The molecule has 5 atom stereocenters. The van der Waals surface area contributed by atoms with Crippen LogP contribution in [-0.2, 0) is 23.8 Å². The molecule has 5 rings (SSSR count). The van der Waals surface area contributed by atoms with Gasteiger partial charge in [0.15, 0.2) is 5.76 Å². The van der Waals surface area contributed by atoms with E-state index >= 15 is 8.78 Å². The van der Waals surface area contributed by atoms with E-state index in [1.165, 1.54) is 6.34 Å². The second kappa shape index (κ2) is 12.6. The minimum atomic E-state index is -2.91. The minimum Gasteiger partial charge on any atom is -0.465 e. The van der Waals surface area contributed by atoms with Gasteiger partial charge in [-0.1, -0.05) is 33.8 Å². The van der Waals surface area contributed by atoms with Crippen molar-refractivity contribution in [2.45, 2.75) is 89.9 Å². The fraction of sp³-hybridized carbons (Fsp3) is 0.719. The lowest BCUT2D eigenvalue weighted by Crippen LogP contribution is -2.52. The zero-order chi connectivity index (χ0) is 33.6. The molecule has 5 aliphatic rings. The Kier molecular flexibility index (Phi) is 9.24. The quantitative estimate of drug-likeness (QED) is 0.234. The van der Waals surface area contributed by atoms with Gasteiger partial charge < -0.3 is 33.8 Å². The van der Waals surface area contributed by atoms with Crippen molar-refractivity contribution in [1.29, 1.82) is 0 Å². The first-order valence-corrected chi connectivity index (χ1v) is 15.9. The van der Waals surface area contributed by atoms with Crippen molar-refractivity contribution in [1.82, 2.24) is 19.6 Å². The molecule has 0 aromatic heterocycles. The molecule has 0 aromatic carbocycles. The Balaban J connectivity index is 1.55. The highest BCUT2D eigenvalue weighted by molar-refractivity contribution is 6.01. The van der Waals surface area contributed by atoms with Crippen LogP contribution in [0.3, 0.4) is 0 Å². The maximum absolute atomic E-state index is 15.1. The first-order valence-electron chi connectivity index (χ1n) is 15.9. The summed E-state index contributed by atoms with van der Waals surface area (Å²) in [5.41, 5.74) is -1.54. The number of carbonyl (C=O) groups excluding carboxylic acids is 2. The monoisotopic (exact) mass is 647 g/mol. The standard InChI is InChI=1S/C32H47F2N7O5/c1-20(2)26(42)45-23-22(15-40-17-32(33,34)16-31(40)10-12-39(8)13-11-31)44-25(24(23)46-27(43)21(3)4)41-14-9-30(5)28(37-19-38(6)7)35-18-36-29(30)41/h9,14-15,18-21,23-25,29H,10-13,16-17H2,1-8H3/b22-15-,37-19?/t23-,24-,25-,29?,30?/m1/s1. The van der Waals surface area contributed by atoms with Gasteiger partial charge in [-0.05, 0) is 26.8 Å². The Labute approximate surface area is 269 Å². The Morgan fingerprint density at radius 2 is 1.78 bits per heavy atom. The number of likely N-dealkylation sites (tertiary alicyclic amines) is 2. The van der Waals surface area contributed by atoms with Gasteiger partial charge in [-0.25, -0.2) is 23.8 Å². The number of piperidine rings is 1. The number of rotatable bonds is 7. The molecule has 0 N–H and O–H groups in total. The Morgan fingerprint density at radius 1 is 1.13 bits per heavy atom. The summed E-state index contributed by atoms with van der Waals surface area (Å²) in [4.78, 5) is 47.2. The molecule has 254 valence electrons. The number of aliphatic imine (C=N–C) groups is 3. The second-order valence-electron chi connectivity index (χ2n) is 14.1. The molecule has 3 fully saturated rings. The van der Waals surface area contributed by atoms with E-state index in [0.717, 1.165) is 0 Å². The molecule has 2 unspecified atom stereocenters. The van der Waals surface area contributed by atoms with Crippen LogP contribution in [0.4, 0.5) is 8.78 Å². The fourth-order valence-electron chi connectivity index (χ4n) is 6.58. The summed E-state index contributed by atoms with van der Waals surface area (Å²) in [7, 11) is 5.70. The van der Waals surface area contributed by atoms with E-state index in [2.05, 4.69) is 19.9 Å². The third-order valence-corrected chi connectivity index (χ3v) is 9.34. The van der Waals surface area contributed by atoms with E-state index in [0.29, 0.717) is 31.8 Å². The van der Waals surface area contributed by atoms with Crippen molar-refractivity contribution in [3.8, 4) is 0 Å². The normalized spacial score (nSPS) is 32.5. The fourth-order valence-corrected chi connectivity index (χ4v) is 6.58. The summed E-state index contributed by atoms with van der Waals surface area (Å²) >= 11 is 0. The van der Waals surface area contributed by atoms with Crippen LogP contribution in [0.15, 0.2) is 39.2 Å². The molecular weight excluding hydrogens is 600 g/mol. The molecule has 0 amide bonds. The van der Waals surface area contributed by atoms with Gasteiger partial charge in [-0.3, -0.25) is 9.59 Å². The van der Waals surface area contributed by atoms with Crippen molar-refractivity contribution >= 4 is 30.5 Å². The first-order chi connectivity index (χ1) is 21.5. The van der Waals surface area contributed by atoms with Gasteiger partial charge >= 0.3 is 11.9 Å². The minimum absolute atomic E-state index is 0.151. The van der Waals surface area contributed by atoms with Crippen LogP contribution >= 0.6 is 0 Å². The summed E-state index contributed by atoms with van der Waals surface area (Å²) in [5, 5.41) is 0. The molecule has 0 aromatic rings. The van der Waals surface area contributed by atoms with Crippen LogP contribution in [0.5, 0.6) is 0 Å². The van der Waals surface area contributed by atoms with Gasteiger partial charge in [-0.15, -0.1) is 0 Å². The van der Waals surface area contributed by atoms with E-state index in [-0.39, 0.29) is 12.2 Å². The Hall–Kier alpha value is -3.55. The summed E-state index contributed by atoms with van der Waals surface area (Å²) in [6.07, 6.45) is 5.32. The molecule has 0 saturated carbocycles. The van der Waals surface area contributed by atoms with Crippen LogP contribution in [0.2, 0.25) is 0 Å². The van der Waals surface area contributed by atoms with Crippen molar-refractivity contribution in [3.05, 3.63) is 24.2 Å². The molecule has 1 spiro atoms. The topological polar surface area (TPSA) is 112 Å². The second-order valence-corrected chi connectivity index (χ2v) is 14.1. The predicted octanol–water partition coefficient (Wildman–Crippen LogP) is 3.32. The number of fused-ring (bicyclic) bond motifs is 1. The molecule has 0 bridgehead atoms. The zero-order valence-electron chi connectivity index (χ0n) is 28.0. The van der Waals surface area contributed by atoms with Crippen molar-refractivity contribution in [2.75, 3.05) is 40.8 Å². The molecule has 5 aliphatic heterocycles. The maximum atomic E-state index is 15.1. The molecule has 5 heterocycles. The van der Waals surface area contributed by atoms with Crippen LogP contribution in [0.1, 0.15) is 53.9 Å². The van der Waals surface area contributed by atoms with E-state index < -0.39 is 71.8 Å². The van der Waals surface area contributed by atoms with Crippen molar-refractivity contribution in [3.63, 3.8) is 0 Å². The van der Waals surface area contributed by atoms with Crippen molar-refractivity contribution < 1.29 is 32.6 Å². The number of hydrogen-bond acceptors (Lipinski definition) is 11. The van der Waals surface area contributed by atoms with Gasteiger partial charge in [0.1, 0.15) is 18.3 Å². The summed E-state index contributed by atoms with van der Waals surface area (Å²) in [6.45, 7) is 9.62. The highest BCUT2D eigenvalue weighted by atomic mass is 19.3. The largest absolute Gasteiger partial charge is 0.465 e. The third kappa shape index (κ3) is 6.50. The van der Waals surface area contributed by atoms with Crippen LogP contribution in [0.25, 0.3) is 0 Å². The zero-order valence-corrected chi connectivity index (χ0v) is 28.0. The smallest absolute Gasteiger partial charge is 0.309 e. The SMILES string of the molecule is CC(C)C(=O)O[C@@H]1[C@H](OC(=O)C(C)C)/C(=C/N2CC(F)(F)CC23CCN(C)CC3)O[C@H]1N1C=CC2(C)C(N=CN(C)C)=NC=NC12. The lowest BCUT2D eigenvalue weighted by molar-refractivity contribution is -0.174. The number of carbonyl (C=O) groups is 2. The molecule has 0 aliphatic carbocycles.